The minimum absolute atomic E-state index is 0.369. The van der Waals surface area contributed by atoms with E-state index in [0.717, 1.165) is 24.6 Å². The van der Waals surface area contributed by atoms with Crippen LogP contribution in [-0.2, 0) is 6.54 Å². The average molecular weight is 290 g/mol. The molecule has 1 N–H and O–H groups in total. The van der Waals surface area contributed by atoms with Crippen molar-refractivity contribution in [3.63, 3.8) is 0 Å². The number of hydrogen-bond acceptors (Lipinski definition) is 5. The van der Waals surface area contributed by atoms with Crippen LogP contribution in [-0.4, -0.2) is 23.6 Å². The van der Waals surface area contributed by atoms with E-state index in [-0.39, 0.29) is 0 Å². The maximum absolute atomic E-state index is 4.53. The van der Waals surface area contributed by atoms with Gasteiger partial charge in [0, 0.05) is 43.1 Å². The number of nitrogens with one attached hydrogen (secondary N) is 1. The fourth-order valence-corrected chi connectivity index (χ4v) is 2.85. The molecule has 1 unspecified atom stereocenters. The van der Waals surface area contributed by atoms with Gasteiger partial charge < -0.3 is 10.2 Å². The summed E-state index contributed by atoms with van der Waals surface area (Å²) in [5.74, 6) is 0. The van der Waals surface area contributed by atoms with E-state index in [0.29, 0.717) is 6.04 Å². The molecule has 0 saturated carbocycles. The van der Waals surface area contributed by atoms with E-state index in [4.69, 9.17) is 0 Å². The number of hydrogen-bond donors (Lipinski definition) is 1. The average Bonchev–Trinajstić information content (AvgIpc) is 2.96. The highest BCUT2D eigenvalue weighted by atomic mass is 32.1. The Kier molecular flexibility index (Phi) is 5.49. The predicted molar refractivity (Wildman–Crippen MR) is 85.2 cm³/mol. The molecule has 1 atom stereocenters. The van der Waals surface area contributed by atoms with E-state index in [1.165, 1.54) is 10.4 Å². The topological polar surface area (TPSA) is 41.1 Å². The largest absolute Gasteiger partial charge is 0.347 e. The van der Waals surface area contributed by atoms with Crippen LogP contribution in [0.15, 0.2) is 30.7 Å². The smallest absolute Gasteiger partial charge is 0.185 e. The molecule has 0 aliphatic carbocycles. The minimum atomic E-state index is 0.369. The van der Waals surface area contributed by atoms with Crippen molar-refractivity contribution in [2.75, 3.05) is 18.5 Å². The first-order valence-corrected chi connectivity index (χ1v) is 7.81. The van der Waals surface area contributed by atoms with Crippen LogP contribution in [0.4, 0.5) is 5.13 Å². The molecular weight excluding hydrogens is 268 g/mol. The van der Waals surface area contributed by atoms with Crippen molar-refractivity contribution in [1.82, 2.24) is 15.3 Å². The maximum atomic E-state index is 4.53. The molecule has 0 radical (unpaired) electrons. The molecule has 0 aliphatic rings. The predicted octanol–water partition coefficient (Wildman–Crippen LogP) is 3.24. The van der Waals surface area contributed by atoms with Crippen LogP contribution >= 0.6 is 11.3 Å². The third-order valence-corrected chi connectivity index (χ3v) is 4.40. The Morgan fingerprint density at radius 1 is 1.40 bits per heavy atom. The van der Waals surface area contributed by atoms with Gasteiger partial charge in [0.05, 0.1) is 0 Å². The van der Waals surface area contributed by atoms with E-state index >= 15 is 0 Å². The fourth-order valence-electron chi connectivity index (χ4n) is 1.95. The lowest BCUT2D eigenvalue weighted by Crippen LogP contribution is -2.18. The fraction of sp³-hybridized carbons (Fsp3) is 0.467. The molecule has 0 aliphatic heterocycles. The van der Waals surface area contributed by atoms with Gasteiger partial charge in [0.25, 0.3) is 0 Å². The van der Waals surface area contributed by atoms with Crippen molar-refractivity contribution < 1.29 is 0 Å². The Morgan fingerprint density at radius 3 is 2.95 bits per heavy atom. The lowest BCUT2D eigenvalue weighted by molar-refractivity contribution is 0.577. The highest BCUT2D eigenvalue weighted by molar-refractivity contribution is 7.15. The summed E-state index contributed by atoms with van der Waals surface area (Å²) in [6, 6.07) is 4.42. The van der Waals surface area contributed by atoms with Gasteiger partial charge in [-0.15, -0.1) is 11.3 Å². The van der Waals surface area contributed by atoms with Crippen molar-refractivity contribution >= 4 is 16.5 Å². The van der Waals surface area contributed by atoms with E-state index < -0.39 is 0 Å². The molecule has 0 fully saturated rings. The molecule has 0 spiro atoms. The summed E-state index contributed by atoms with van der Waals surface area (Å²) in [7, 11) is 2.07. The molecule has 4 nitrogen and oxygen atoms in total. The van der Waals surface area contributed by atoms with Crippen molar-refractivity contribution in [3.8, 4) is 0 Å². The zero-order valence-corrected chi connectivity index (χ0v) is 13.2. The first-order chi connectivity index (χ1) is 9.70. The third-order valence-electron chi connectivity index (χ3n) is 3.11. The van der Waals surface area contributed by atoms with Crippen LogP contribution in [0.3, 0.4) is 0 Å². The van der Waals surface area contributed by atoms with Crippen LogP contribution < -0.4 is 10.2 Å². The van der Waals surface area contributed by atoms with Crippen LogP contribution in [0.1, 0.15) is 36.8 Å². The first kappa shape index (κ1) is 14.9. The van der Waals surface area contributed by atoms with Gasteiger partial charge in [-0.25, -0.2) is 4.98 Å². The van der Waals surface area contributed by atoms with Gasteiger partial charge in [-0.05, 0) is 31.5 Å². The minimum Gasteiger partial charge on any atom is -0.347 e. The summed E-state index contributed by atoms with van der Waals surface area (Å²) in [6.07, 6.45) is 6.83. The molecule has 2 aromatic rings. The molecular formula is C15H22N4S. The van der Waals surface area contributed by atoms with Crippen molar-refractivity contribution in [1.29, 1.82) is 0 Å². The van der Waals surface area contributed by atoms with Gasteiger partial charge in [0.1, 0.15) is 0 Å². The number of rotatable bonds is 7. The summed E-state index contributed by atoms with van der Waals surface area (Å²) in [6.45, 7) is 6.24. The van der Waals surface area contributed by atoms with Crippen LogP contribution in [0, 0.1) is 0 Å². The van der Waals surface area contributed by atoms with Crippen LogP contribution in [0.5, 0.6) is 0 Å². The number of thiazole rings is 1. The number of anilines is 1. The van der Waals surface area contributed by atoms with E-state index in [1.54, 1.807) is 17.5 Å². The third kappa shape index (κ3) is 4.02. The molecule has 2 rings (SSSR count). The van der Waals surface area contributed by atoms with Gasteiger partial charge in [0.15, 0.2) is 5.13 Å². The first-order valence-electron chi connectivity index (χ1n) is 7.00. The van der Waals surface area contributed by atoms with Crippen molar-refractivity contribution in [2.24, 2.45) is 0 Å². The molecule has 2 heterocycles. The monoisotopic (exact) mass is 290 g/mol. The summed E-state index contributed by atoms with van der Waals surface area (Å²) < 4.78 is 0. The lowest BCUT2D eigenvalue weighted by atomic mass is 10.3. The molecule has 2 aromatic heterocycles. The van der Waals surface area contributed by atoms with Crippen LogP contribution in [0.2, 0.25) is 0 Å². The van der Waals surface area contributed by atoms with Gasteiger partial charge >= 0.3 is 0 Å². The second-order valence-electron chi connectivity index (χ2n) is 4.94. The molecule has 0 saturated heterocycles. The SMILES string of the molecule is CCCNC(C)c1cnc(N(C)Cc2cccnc2)s1. The quantitative estimate of drug-likeness (QED) is 0.850. The van der Waals surface area contributed by atoms with Gasteiger partial charge in [0.2, 0.25) is 0 Å². The van der Waals surface area contributed by atoms with Gasteiger partial charge in [-0.3, -0.25) is 4.98 Å². The summed E-state index contributed by atoms with van der Waals surface area (Å²) in [4.78, 5) is 12.1. The van der Waals surface area contributed by atoms with E-state index in [1.807, 2.05) is 18.5 Å². The van der Waals surface area contributed by atoms with Gasteiger partial charge in [-0.2, -0.15) is 0 Å². The highest BCUT2D eigenvalue weighted by Crippen LogP contribution is 2.27. The maximum Gasteiger partial charge on any atom is 0.185 e. The molecule has 0 aromatic carbocycles. The molecule has 20 heavy (non-hydrogen) atoms. The van der Waals surface area contributed by atoms with E-state index in [2.05, 4.69) is 47.1 Å². The van der Waals surface area contributed by atoms with Crippen molar-refractivity contribution in [2.45, 2.75) is 32.9 Å². The zero-order chi connectivity index (χ0) is 14.4. The molecule has 5 heteroatoms. The standard InChI is InChI=1S/C15H22N4S/c1-4-7-17-12(2)14-10-18-15(20-14)19(3)11-13-6-5-8-16-9-13/h5-6,8-10,12,17H,4,7,11H2,1-3H3. The Labute approximate surface area is 124 Å². The summed E-state index contributed by atoms with van der Waals surface area (Å²) >= 11 is 1.75. The Balaban J connectivity index is 1.97. The summed E-state index contributed by atoms with van der Waals surface area (Å²) in [5, 5.41) is 4.54. The molecule has 108 valence electrons. The number of nitrogens with zero attached hydrogens (tertiary/aromatic N) is 3. The highest BCUT2D eigenvalue weighted by Gasteiger charge is 2.12. The Hall–Kier alpha value is -1.46. The van der Waals surface area contributed by atoms with Gasteiger partial charge in [-0.1, -0.05) is 13.0 Å². The second-order valence-corrected chi connectivity index (χ2v) is 5.98. The molecule has 0 amide bonds. The second kappa shape index (κ2) is 7.36. The van der Waals surface area contributed by atoms with Crippen molar-refractivity contribution in [3.05, 3.63) is 41.2 Å². The number of pyridine rings is 1. The van der Waals surface area contributed by atoms with E-state index in [9.17, 15) is 0 Å². The van der Waals surface area contributed by atoms with Crippen LogP contribution in [0.25, 0.3) is 0 Å². The molecule has 0 bridgehead atoms. The number of aromatic nitrogens is 2. The Bertz CT molecular complexity index is 512. The normalized spacial score (nSPS) is 12.3. The zero-order valence-electron chi connectivity index (χ0n) is 12.3. The summed E-state index contributed by atoms with van der Waals surface area (Å²) in [5.41, 5.74) is 1.20. The lowest BCUT2D eigenvalue weighted by Gasteiger charge is -2.15. The Morgan fingerprint density at radius 2 is 2.25 bits per heavy atom.